The zero-order valence-electron chi connectivity index (χ0n) is 29.4. The van der Waals surface area contributed by atoms with Crippen molar-refractivity contribution < 1.29 is 9.59 Å². The van der Waals surface area contributed by atoms with Gasteiger partial charge in [0.1, 0.15) is 0 Å². The van der Waals surface area contributed by atoms with Crippen molar-refractivity contribution in [3.8, 4) is 0 Å². The monoisotopic (exact) mass is 738 g/mol. The predicted molar refractivity (Wildman–Crippen MR) is 218 cm³/mol. The number of nitrogens with two attached hydrogens (primary N) is 1. The third-order valence-corrected chi connectivity index (χ3v) is 10.6. The fourth-order valence-electron chi connectivity index (χ4n) is 7.41. The standard InChI is InChI=1S/C35H31Cl2N3O2.C10H9N/c1-39-32-18-29-23(8-5-11-30(29)36)26-15-14-24-25(34(26)32)9-4-10-27(24)35(42)28-13-12-22(17-31(28)37)40-33(41)16-20-6-2-3-7-21(20)19-38;1-2-7-10-9(5-1)6-3-4-8-11-10/h2-3,5-8,11-15,17-18,32,39H,4,9-10,16,19,38H2,1H3,(H,40,41);1-8,11H. The maximum absolute atomic E-state index is 13.9. The number of carbonyl (C=O) groups is 2. The highest BCUT2D eigenvalue weighted by Gasteiger charge is 2.25. The van der Waals surface area contributed by atoms with E-state index in [2.05, 4.69) is 58.4 Å². The van der Waals surface area contributed by atoms with Crippen LogP contribution in [0.5, 0.6) is 0 Å². The van der Waals surface area contributed by atoms with Gasteiger partial charge < -0.3 is 21.7 Å². The quantitative estimate of drug-likeness (QED) is 0.127. The lowest BCUT2D eigenvalue weighted by molar-refractivity contribution is -0.115. The van der Waals surface area contributed by atoms with Crippen LogP contribution >= 0.6 is 23.2 Å². The smallest absolute Gasteiger partial charge is 0.228 e. The predicted octanol–water partition coefficient (Wildman–Crippen LogP) is 7.98. The van der Waals surface area contributed by atoms with Crippen LogP contribution < -0.4 is 32.1 Å². The first-order valence-corrected chi connectivity index (χ1v) is 18.5. The zero-order chi connectivity index (χ0) is 36.9. The van der Waals surface area contributed by atoms with Crippen molar-refractivity contribution in [1.82, 2.24) is 5.32 Å². The molecule has 8 heteroatoms. The molecule has 266 valence electrons. The molecule has 1 heterocycles. The van der Waals surface area contributed by atoms with Crippen LogP contribution in [-0.2, 0) is 24.2 Å². The molecule has 5 aromatic rings. The molecule has 5 aromatic carbocycles. The normalized spacial score (nSPS) is 14.9. The molecule has 6 nitrogen and oxygen atoms in total. The molecule has 2 aliphatic carbocycles. The lowest BCUT2D eigenvalue weighted by atomic mass is 9.82. The Balaban J connectivity index is 0.000000336. The molecule has 0 bridgehead atoms. The van der Waals surface area contributed by atoms with Gasteiger partial charge in [-0.3, -0.25) is 9.59 Å². The van der Waals surface area contributed by atoms with Crippen LogP contribution in [0.2, 0.25) is 10.0 Å². The van der Waals surface area contributed by atoms with Crippen LogP contribution in [0.1, 0.15) is 57.1 Å². The van der Waals surface area contributed by atoms with Crippen molar-refractivity contribution in [2.45, 2.75) is 38.3 Å². The lowest BCUT2D eigenvalue weighted by Crippen LogP contribution is -2.30. The Bertz CT molecular complexity index is 2530. The molecule has 3 aliphatic rings. The van der Waals surface area contributed by atoms with E-state index < -0.39 is 0 Å². The minimum Gasteiger partial charge on any atom is -0.361 e. The van der Waals surface area contributed by atoms with Crippen LogP contribution in [0.4, 0.5) is 11.4 Å². The van der Waals surface area contributed by atoms with Gasteiger partial charge in [-0.1, -0.05) is 108 Å². The van der Waals surface area contributed by atoms with E-state index in [0.29, 0.717) is 29.2 Å². The summed E-state index contributed by atoms with van der Waals surface area (Å²) in [7, 11) is 1.95. The largest absolute Gasteiger partial charge is 0.361 e. The van der Waals surface area contributed by atoms with E-state index >= 15 is 0 Å². The van der Waals surface area contributed by atoms with E-state index in [1.807, 2.05) is 73.9 Å². The number of rotatable bonds is 7. The Hall–Kier alpha value is -5.24. The van der Waals surface area contributed by atoms with Gasteiger partial charge >= 0.3 is 0 Å². The highest BCUT2D eigenvalue weighted by Crippen LogP contribution is 2.30. The zero-order valence-corrected chi connectivity index (χ0v) is 30.9. The van der Waals surface area contributed by atoms with Gasteiger partial charge in [-0.2, -0.15) is 0 Å². The van der Waals surface area contributed by atoms with Gasteiger partial charge in [0.15, 0.2) is 5.78 Å². The fourth-order valence-corrected chi connectivity index (χ4v) is 7.92. The maximum atomic E-state index is 13.9. The van der Waals surface area contributed by atoms with E-state index in [4.69, 9.17) is 28.9 Å². The number of hydrogen-bond acceptors (Lipinski definition) is 5. The minimum absolute atomic E-state index is 0.0138. The van der Waals surface area contributed by atoms with E-state index in [0.717, 1.165) is 61.1 Å². The Morgan fingerprint density at radius 2 is 1.62 bits per heavy atom. The molecule has 53 heavy (non-hydrogen) atoms. The van der Waals surface area contributed by atoms with E-state index in [1.54, 1.807) is 18.2 Å². The second-order valence-corrected chi connectivity index (χ2v) is 14.0. The van der Waals surface area contributed by atoms with Gasteiger partial charge in [-0.05, 0) is 111 Å². The topological polar surface area (TPSA) is 96.2 Å². The average Bonchev–Trinajstić information content (AvgIpc) is 3.43. The van der Waals surface area contributed by atoms with Gasteiger partial charge in [0.05, 0.1) is 17.5 Å². The van der Waals surface area contributed by atoms with Crippen molar-refractivity contribution in [3.05, 3.63) is 180 Å². The molecule has 0 spiro atoms. The summed E-state index contributed by atoms with van der Waals surface area (Å²) in [6, 6.07) is 31.1. The third kappa shape index (κ3) is 7.64. The summed E-state index contributed by atoms with van der Waals surface area (Å²) in [6.45, 7) is 0.367. The molecule has 0 saturated heterocycles. The molecule has 5 N–H and O–H groups in total. The molecule has 8 rings (SSSR count). The van der Waals surface area contributed by atoms with Gasteiger partial charge in [0.2, 0.25) is 5.91 Å². The van der Waals surface area contributed by atoms with Gasteiger partial charge in [-0.25, -0.2) is 0 Å². The fraction of sp³-hybridized carbons (Fsp3) is 0.156. The Labute approximate surface area is 319 Å². The molecule has 1 unspecified atom stereocenters. The highest BCUT2D eigenvalue weighted by atomic mass is 35.5. The molecule has 0 saturated carbocycles. The highest BCUT2D eigenvalue weighted by molar-refractivity contribution is 6.38. The van der Waals surface area contributed by atoms with Crippen LogP contribution in [-0.4, -0.2) is 18.7 Å². The number of allylic oxidation sites excluding steroid dienone is 2. The van der Waals surface area contributed by atoms with E-state index in [9.17, 15) is 9.59 Å². The van der Waals surface area contributed by atoms with Crippen LogP contribution in [0, 0.1) is 10.4 Å². The number of anilines is 2. The van der Waals surface area contributed by atoms with Crippen molar-refractivity contribution in [2.75, 3.05) is 17.7 Å². The van der Waals surface area contributed by atoms with Crippen molar-refractivity contribution in [1.29, 1.82) is 0 Å². The van der Waals surface area contributed by atoms with Crippen LogP contribution in [0.15, 0.2) is 115 Å². The first kappa shape index (κ1) is 36.1. The number of hydrogen-bond donors (Lipinski definition) is 4. The summed E-state index contributed by atoms with van der Waals surface area (Å²) in [6.07, 6.45) is 12.9. The summed E-state index contributed by atoms with van der Waals surface area (Å²) in [5, 5.41) is 14.8. The van der Waals surface area contributed by atoms with Crippen LogP contribution in [0.25, 0.3) is 17.7 Å². The number of para-hydroxylation sites is 1. The lowest BCUT2D eigenvalue weighted by Gasteiger charge is -2.25. The van der Waals surface area contributed by atoms with Crippen molar-refractivity contribution in [3.63, 3.8) is 0 Å². The number of carbonyl (C=O) groups excluding carboxylic acids is 2. The first-order valence-electron chi connectivity index (χ1n) is 17.8. The minimum atomic E-state index is -0.176. The molecule has 1 atom stereocenters. The molecule has 0 fully saturated rings. The van der Waals surface area contributed by atoms with Crippen LogP contribution in [0.3, 0.4) is 0 Å². The maximum Gasteiger partial charge on any atom is 0.228 e. The molecular formula is C45H40Cl2N4O2. The van der Waals surface area contributed by atoms with Gasteiger partial charge in [0.25, 0.3) is 0 Å². The van der Waals surface area contributed by atoms with Crippen molar-refractivity contribution in [2.24, 2.45) is 5.73 Å². The Morgan fingerprint density at radius 1 is 0.830 bits per heavy atom. The Kier molecular flexibility index (Phi) is 11.0. The number of benzene rings is 5. The second-order valence-electron chi connectivity index (χ2n) is 13.2. The number of ketones is 1. The second kappa shape index (κ2) is 16.2. The number of nitrogens with one attached hydrogen (secondary N) is 3. The van der Waals surface area contributed by atoms with Crippen molar-refractivity contribution >= 4 is 64.0 Å². The average molecular weight is 740 g/mol. The number of Topliss-reactive ketones (excluding diaryl/α,β-unsaturated/α-hetero) is 1. The van der Waals surface area contributed by atoms with Gasteiger partial charge in [-0.15, -0.1) is 0 Å². The molecular weight excluding hydrogens is 699 g/mol. The van der Waals surface area contributed by atoms with E-state index in [1.165, 1.54) is 16.7 Å². The first-order chi connectivity index (χ1) is 25.9. The molecule has 0 radical (unpaired) electrons. The number of amides is 1. The molecule has 1 aliphatic heterocycles. The van der Waals surface area contributed by atoms with Gasteiger partial charge in [0, 0.05) is 40.3 Å². The Morgan fingerprint density at radius 3 is 2.43 bits per heavy atom. The molecule has 1 amide bonds. The summed E-state index contributed by atoms with van der Waals surface area (Å²) >= 11 is 13.2. The summed E-state index contributed by atoms with van der Waals surface area (Å²) in [4.78, 5) is 26.7. The SMILES string of the molecule is C1=CNc2ccccc2C=C1.CNC1C=c2c(Cl)cccc2=c2ccc3c(c21)CCCC=3C(=O)c1ccc(NC(=O)Cc2ccccc2CN)cc1Cl. The summed E-state index contributed by atoms with van der Waals surface area (Å²) in [5.41, 5.74) is 14.2. The number of halogens is 2. The van der Waals surface area contributed by atoms with E-state index in [-0.39, 0.29) is 24.2 Å². The molecule has 0 aromatic heterocycles. The summed E-state index contributed by atoms with van der Waals surface area (Å²) in [5.74, 6) is -0.259. The summed E-state index contributed by atoms with van der Waals surface area (Å²) < 4.78 is 0. The number of fused-ring (bicyclic) bond motifs is 5. The third-order valence-electron chi connectivity index (χ3n) is 9.98.